The van der Waals surface area contributed by atoms with Crippen LogP contribution >= 0.6 is 0 Å². The summed E-state index contributed by atoms with van der Waals surface area (Å²) in [5.74, 6) is -0.642. The van der Waals surface area contributed by atoms with Gasteiger partial charge in [-0.1, -0.05) is 18.2 Å². The highest BCUT2D eigenvalue weighted by atomic mass is 16.7. The number of nitrogens with two attached hydrogens (primary N) is 1. The Labute approximate surface area is 109 Å². The fraction of sp³-hybridized carbons (Fsp3) is 0.600. The quantitative estimate of drug-likeness (QED) is 0.787. The molecule has 0 amide bonds. The Morgan fingerprint density at radius 3 is 2.56 bits per heavy atom. The first kappa shape index (κ1) is 13.5. The van der Waals surface area contributed by atoms with Gasteiger partial charge in [-0.3, -0.25) is 0 Å². The lowest BCUT2D eigenvalue weighted by molar-refractivity contribution is -0.220. The number of hydrogen-bond donors (Lipinski definition) is 1. The second kappa shape index (κ2) is 5.83. The molecule has 0 aromatic heterocycles. The Balaban J connectivity index is 2.30. The molecule has 1 aromatic rings. The second-order valence-electron chi connectivity index (χ2n) is 4.89. The lowest BCUT2D eigenvalue weighted by atomic mass is 9.96. The van der Waals surface area contributed by atoms with Gasteiger partial charge in [0.1, 0.15) is 0 Å². The van der Waals surface area contributed by atoms with Gasteiger partial charge in [-0.2, -0.15) is 0 Å². The molecule has 18 heavy (non-hydrogen) atoms. The van der Waals surface area contributed by atoms with Crippen molar-refractivity contribution in [1.29, 1.82) is 0 Å². The summed E-state index contributed by atoms with van der Waals surface area (Å²) < 4.78 is 11.3. The highest BCUT2D eigenvalue weighted by molar-refractivity contribution is 5.37. The van der Waals surface area contributed by atoms with Gasteiger partial charge >= 0.3 is 0 Å². The van der Waals surface area contributed by atoms with Gasteiger partial charge < -0.3 is 15.2 Å². The lowest BCUT2D eigenvalue weighted by Gasteiger charge is -2.31. The second-order valence-corrected chi connectivity index (χ2v) is 4.89. The van der Waals surface area contributed by atoms with Crippen molar-refractivity contribution in [2.45, 2.75) is 37.9 Å². The highest BCUT2D eigenvalue weighted by Gasteiger charge is 2.32. The van der Waals surface area contributed by atoms with Crippen molar-refractivity contribution in [3.8, 4) is 0 Å². The van der Waals surface area contributed by atoms with Crippen LogP contribution in [0.15, 0.2) is 18.2 Å². The maximum absolute atomic E-state index is 5.66. The van der Waals surface area contributed by atoms with Crippen LogP contribution in [0.2, 0.25) is 0 Å². The third kappa shape index (κ3) is 2.44. The van der Waals surface area contributed by atoms with E-state index in [1.807, 2.05) is 0 Å². The zero-order valence-corrected chi connectivity index (χ0v) is 11.4. The third-order valence-electron chi connectivity index (χ3n) is 3.91. The summed E-state index contributed by atoms with van der Waals surface area (Å²) in [7, 11) is 3.40. The molecule has 0 fully saturated rings. The number of ether oxygens (including phenoxy) is 2. The SMILES string of the molecule is COC(CCCN)(OC)c1ccc2c(c1)CCC2. The summed E-state index contributed by atoms with van der Waals surface area (Å²) in [6.07, 6.45) is 5.30. The topological polar surface area (TPSA) is 44.5 Å². The van der Waals surface area contributed by atoms with Crippen LogP contribution in [0.25, 0.3) is 0 Å². The van der Waals surface area contributed by atoms with Crippen LogP contribution < -0.4 is 5.73 Å². The van der Waals surface area contributed by atoms with Gasteiger partial charge in [0.2, 0.25) is 0 Å². The highest BCUT2D eigenvalue weighted by Crippen LogP contribution is 2.34. The maximum atomic E-state index is 5.66. The molecule has 0 aliphatic heterocycles. The molecule has 1 aromatic carbocycles. The molecule has 0 saturated heterocycles. The molecule has 0 saturated carbocycles. The molecule has 100 valence electrons. The molecule has 0 radical (unpaired) electrons. The van der Waals surface area contributed by atoms with E-state index in [-0.39, 0.29) is 0 Å². The number of methoxy groups -OCH3 is 2. The van der Waals surface area contributed by atoms with Crippen molar-refractivity contribution >= 4 is 0 Å². The first-order valence-electron chi connectivity index (χ1n) is 6.68. The van der Waals surface area contributed by atoms with Gasteiger partial charge in [0.15, 0.2) is 5.79 Å². The fourth-order valence-electron chi connectivity index (χ4n) is 2.81. The Bertz CT molecular complexity index is 399. The van der Waals surface area contributed by atoms with Crippen LogP contribution in [0.4, 0.5) is 0 Å². The molecule has 3 heteroatoms. The van der Waals surface area contributed by atoms with E-state index in [1.54, 1.807) is 14.2 Å². The minimum Gasteiger partial charge on any atom is -0.349 e. The predicted molar refractivity (Wildman–Crippen MR) is 72.5 cm³/mol. The summed E-state index contributed by atoms with van der Waals surface area (Å²) in [6, 6.07) is 6.59. The Kier molecular flexibility index (Phi) is 4.38. The number of aryl methyl sites for hydroxylation is 2. The molecule has 2 N–H and O–H groups in total. The molecule has 3 nitrogen and oxygen atoms in total. The standard InChI is InChI=1S/C15H23NO2/c1-17-15(18-2,9-4-10-16)14-8-7-12-5-3-6-13(12)11-14/h7-8,11H,3-6,9-10,16H2,1-2H3. The average molecular weight is 249 g/mol. The van der Waals surface area contributed by atoms with E-state index in [2.05, 4.69) is 18.2 Å². The van der Waals surface area contributed by atoms with Gasteiger partial charge in [0.05, 0.1) is 0 Å². The van der Waals surface area contributed by atoms with Gasteiger partial charge in [-0.05, 0) is 43.4 Å². The van der Waals surface area contributed by atoms with Crippen molar-refractivity contribution in [1.82, 2.24) is 0 Å². The Hall–Kier alpha value is -0.900. The largest absolute Gasteiger partial charge is 0.349 e. The maximum Gasteiger partial charge on any atom is 0.194 e. The number of rotatable bonds is 6. The van der Waals surface area contributed by atoms with Crippen molar-refractivity contribution in [2.75, 3.05) is 20.8 Å². The first-order valence-corrected chi connectivity index (χ1v) is 6.68. The van der Waals surface area contributed by atoms with Crippen molar-refractivity contribution in [3.63, 3.8) is 0 Å². The van der Waals surface area contributed by atoms with E-state index in [1.165, 1.54) is 30.4 Å². The van der Waals surface area contributed by atoms with Crippen molar-refractivity contribution in [3.05, 3.63) is 34.9 Å². The summed E-state index contributed by atoms with van der Waals surface area (Å²) in [6.45, 7) is 0.652. The molecular weight excluding hydrogens is 226 g/mol. The lowest BCUT2D eigenvalue weighted by Crippen LogP contribution is -2.31. The number of hydrogen-bond acceptors (Lipinski definition) is 3. The normalized spacial score (nSPS) is 14.8. The summed E-state index contributed by atoms with van der Waals surface area (Å²) >= 11 is 0. The summed E-state index contributed by atoms with van der Waals surface area (Å²) in [4.78, 5) is 0. The number of fused-ring (bicyclic) bond motifs is 1. The molecule has 2 rings (SSSR count). The molecule has 0 bridgehead atoms. The van der Waals surface area contributed by atoms with Gasteiger partial charge in [-0.15, -0.1) is 0 Å². The van der Waals surface area contributed by atoms with Crippen LogP contribution in [0, 0.1) is 0 Å². The Morgan fingerprint density at radius 1 is 1.17 bits per heavy atom. The molecule has 0 heterocycles. The molecule has 1 aliphatic carbocycles. The zero-order chi connectivity index (χ0) is 13.0. The monoisotopic (exact) mass is 249 g/mol. The third-order valence-corrected chi connectivity index (χ3v) is 3.91. The van der Waals surface area contributed by atoms with E-state index in [9.17, 15) is 0 Å². The predicted octanol–water partition coefficient (Wildman–Crippen LogP) is 2.36. The summed E-state index contributed by atoms with van der Waals surface area (Å²) in [5, 5.41) is 0. The first-order chi connectivity index (χ1) is 8.75. The van der Waals surface area contributed by atoms with E-state index >= 15 is 0 Å². The minimum atomic E-state index is -0.642. The zero-order valence-electron chi connectivity index (χ0n) is 11.4. The summed E-state index contributed by atoms with van der Waals surface area (Å²) in [5.41, 5.74) is 9.63. The van der Waals surface area contributed by atoms with E-state index in [0.717, 1.165) is 18.4 Å². The minimum absolute atomic E-state index is 0.642. The fourth-order valence-corrected chi connectivity index (χ4v) is 2.81. The molecule has 0 atom stereocenters. The van der Waals surface area contributed by atoms with Crippen LogP contribution in [0.5, 0.6) is 0 Å². The van der Waals surface area contributed by atoms with Gasteiger partial charge in [0.25, 0.3) is 0 Å². The number of benzene rings is 1. The van der Waals surface area contributed by atoms with Crippen LogP contribution in [0.3, 0.4) is 0 Å². The van der Waals surface area contributed by atoms with Gasteiger partial charge in [-0.25, -0.2) is 0 Å². The average Bonchev–Trinajstić information content (AvgIpc) is 2.88. The van der Waals surface area contributed by atoms with Gasteiger partial charge in [0, 0.05) is 26.2 Å². The molecule has 1 aliphatic rings. The smallest absolute Gasteiger partial charge is 0.194 e. The van der Waals surface area contributed by atoms with Crippen molar-refractivity contribution < 1.29 is 9.47 Å². The van der Waals surface area contributed by atoms with Crippen LogP contribution in [0.1, 0.15) is 36.0 Å². The van der Waals surface area contributed by atoms with Crippen molar-refractivity contribution in [2.24, 2.45) is 5.73 Å². The molecular formula is C15H23NO2. The van der Waals surface area contributed by atoms with E-state index < -0.39 is 5.79 Å². The van der Waals surface area contributed by atoms with E-state index in [4.69, 9.17) is 15.2 Å². The molecule has 0 spiro atoms. The van der Waals surface area contributed by atoms with Crippen LogP contribution in [-0.2, 0) is 28.1 Å². The molecule has 0 unspecified atom stereocenters. The van der Waals surface area contributed by atoms with E-state index in [0.29, 0.717) is 6.54 Å². The van der Waals surface area contributed by atoms with Crippen LogP contribution in [-0.4, -0.2) is 20.8 Å². The Morgan fingerprint density at radius 2 is 1.89 bits per heavy atom.